The molecule has 0 fully saturated rings. The highest BCUT2D eigenvalue weighted by atomic mass is 16.1. The van der Waals surface area contributed by atoms with Crippen LogP contribution in [0.1, 0.15) is 31.8 Å². The predicted molar refractivity (Wildman–Crippen MR) is 55.4 cm³/mol. The molecule has 2 rings (SSSR count). The Morgan fingerprint density at radius 2 is 2.43 bits per heavy atom. The Kier molecular flexibility index (Phi) is 2.40. The maximum Gasteiger partial charge on any atom is 0.253 e. The lowest BCUT2D eigenvalue weighted by Gasteiger charge is -2.22. The highest BCUT2D eigenvalue weighted by Gasteiger charge is 2.17. The van der Waals surface area contributed by atoms with E-state index in [1.807, 2.05) is 11.5 Å². The van der Waals surface area contributed by atoms with Gasteiger partial charge >= 0.3 is 0 Å². The number of hydrogen-bond acceptors (Lipinski definition) is 2. The third kappa shape index (κ3) is 1.59. The molecular formula is C11H16N2O. The van der Waals surface area contributed by atoms with E-state index in [2.05, 4.69) is 11.9 Å². The molecule has 3 nitrogen and oxygen atoms in total. The van der Waals surface area contributed by atoms with Crippen molar-refractivity contribution >= 4 is 0 Å². The molecule has 0 spiro atoms. The standard InChI is InChI=1S/C11H16N2O/c1-3-9-6-11(14)13-7-8(2)4-5-10(13)12-9/h6,8H,3-5,7H2,1-2H3/t8-/m0/s1. The molecule has 0 bridgehead atoms. The number of rotatable bonds is 1. The first kappa shape index (κ1) is 9.44. The highest BCUT2D eigenvalue weighted by molar-refractivity contribution is 5.06. The second-order valence-corrected chi connectivity index (χ2v) is 4.11. The predicted octanol–water partition coefficient (Wildman–Crippen LogP) is 1.39. The third-order valence-corrected chi connectivity index (χ3v) is 2.86. The molecule has 0 radical (unpaired) electrons. The van der Waals surface area contributed by atoms with Gasteiger partial charge in [0.1, 0.15) is 5.82 Å². The summed E-state index contributed by atoms with van der Waals surface area (Å²) < 4.78 is 1.83. The fraction of sp³-hybridized carbons (Fsp3) is 0.636. The number of aryl methyl sites for hydroxylation is 2. The lowest BCUT2D eigenvalue weighted by Crippen LogP contribution is -2.31. The van der Waals surface area contributed by atoms with Crippen LogP contribution in [0.5, 0.6) is 0 Å². The number of hydrogen-bond donors (Lipinski definition) is 0. The van der Waals surface area contributed by atoms with Gasteiger partial charge in [0.25, 0.3) is 5.56 Å². The van der Waals surface area contributed by atoms with Gasteiger partial charge < -0.3 is 0 Å². The van der Waals surface area contributed by atoms with Gasteiger partial charge in [-0.25, -0.2) is 4.98 Å². The second kappa shape index (κ2) is 3.56. The molecule has 1 atom stereocenters. The molecule has 1 aromatic rings. The average Bonchev–Trinajstić information content (AvgIpc) is 2.19. The first-order valence-electron chi connectivity index (χ1n) is 5.30. The SMILES string of the molecule is CCc1cc(=O)n2c(n1)CC[C@H](C)C2. The largest absolute Gasteiger partial charge is 0.296 e. The van der Waals surface area contributed by atoms with Crippen molar-refractivity contribution in [2.75, 3.05) is 0 Å². The van der Waals surface area contributed by atoms with Gasteiger partial charge in [-0.05, 0) is 18.8 Å². The van der Waals surface area contributed by atoms with Gasteiger partial charge in [-0.3, -0.25) is 9.36 Å². The molecule has 0 unspecified atom stereocenters. The van der Waals surface area contributed by atoms with E-state index in [1.165, 1.54) is 0 Å². The average molecular weight is 192 g/mol. The Hall–Kier alpha value is -1.12. The first-order chi connectivity index (χ1) is 6.70. The second-order valence-electron chi connectivity index (χ2n) is 4.11. The van der Waals surface area contributed by atoms with Crippen molar-refractivity contribution in [3.8, 4) is 0 Å². The van der Waals surface area contributed by atoms with E-state index in [1.54, 1.807) is 6.07 Å². The fourth-order valence-electron chi connectivity index (χ4n) is 1.95. The van der Waals surface area contributed by atoms with Crippen molar-refractivity contribution in [3.63, 3.8) is 0 Å². The minimum Gasteiger partial charge on any atom is -0.296 e. The van der Waals surface area contributed by atoms with Crippen molar-refractivity contribution in [1.29, 1.82) is 0 Å². The normalized spacial score (nSPS) is 20.6. The summed E-state index contributed by atoms with van der Waals surface area (Å²) in [6, 6.07) is 1.67. The maximum atomic E-state index is 11.7. The molecule has 1 aromatic heterocycles. The van der Waals surface area contributed by atoms with Crippen molar-refractivity contribution in [3.05, 3.63) is 27.9 Å². The van der Waals surface area contributed by atoms with Crippen LogP contribution in [0, 0.1) is 5.92 Å². The van der Waals surface area contributed by atoms with Gasteiger partial charge in [-0.2, -0.15) is 0 Å². The Morgan fingerprint density at radius 3 is 3.14 bits per heavy atom. The Labute approximate surface area is 83.8 Å². The molecule has 0 N–H and O–H groups in total. The van der Waals surface area contributed by atoms with Crippen molar-refractivity contribution in [2.45, 2.75) is 39.7 Å². The lowest BCUT2D eigenvalue weighted by atomic mass is 10.0. The lowest BCUT2D eigenvalue weighted by molar-refractivity contribution is 0.377. The molecule has 14 heavy (non-hydrogen) atoms. The van der Waals surface area contributed by atoms with Gasteiger partial charge in [-0.1, -0.05) is 13.8 Å². The summed E-state index contributed by atoms with van der Waals surface area (Å²) in [6.07, 6.45) is 2.95. The molecule has 0 aromatic carbocycles. The molecule has 2 heterocycles. The molecule has 76 valence electrons. The van der Waals surface area contributed by atoms with E-state index in [0.717, 1.165) is 37.3 Å². The minimum atomic E-state index is 0.124. The molecule has 3 heteroatoms. The van der Waals surface area contributed by atoms with Crippen molar-refractivity contribution in [2.24, 2.45) is 5.92 Å². The van der Waals surface area contributed by atoms with Crippen LogP contribution in [0.15, 0.2) is 10.9 Å². The molecule has 0 saturated heterocycles. The monoisotopic (exact) mass is 192 g/mol. The third-order valence-electron chi connectivity index (χ3n) is 2.86. The Balaban J connectivity index is 2.48. The Bertz CT molecular complexity index is 395. The van der Waals surface area contributed by atoms with Crippen LogP contribution in [0.4, 0.5) is 0 Å². The van der Waals surface area contributed by atoms with Crippen LogP contribution in [0.3, 0.4) is 0 Å². The molecule has 0 amide bonds. The zero-order chi connectivity index (χ0) is 10.1. The molecule has 1 aliphatic heterocycles. The fourth-order valence-corrected chi connectivity index (χ4v) is 1.95. The quantitative estimate of drug-likeness (QED) is 0.674. The summed E-state index contributed by atoms with van der Waals surface area (Å²) >= 11 is 0. The van der Waals surface area contributed by atoms with E-state index in [4.69, 9.17) is 0 Å². The van der Waals surface area contributed by atoms with Crippen LogP contribution in [-0.2, 0) is 19.4 Å². The number of aromatic nitrogens is 2. The molecular weight excluding hydrogens is 176 g/mol. The number of nitrogens with zero attached hydrogens (tertiary/aromatic N) is 2. The number of fused-ring (bicyclic) bond motifs is 1. The van der Waals surface area contributed by atoms with Gasteiger partial charge in [0.15, 0.2) is 0 Å². The summed E-state index contributed by atoms with van der Waals surface area (Å²) in [4.78, 5) is 16.2. The van der Waals surface area contributed by atoms with E-state index < -0.39 is 0 Å². The van der Waals surface area contributed by atoms with Crippen LogP contribution < -0.4 is 5.56 Å². The summed E-state index contributed by atoms with van der Waals surface area (Å²) in [7, 11) is 0. The van der Waals surface area contributed by atoms with Gasteiger partial charge in [0.05, 0.1) is 0 Å². The first-order valence-corrected chi connectivity index (χ1v) is 5.30. The zero-order valence-corrected chi connectivity index (χ0v) is 8.79. The van der Waals surface area contributed by atoms with Crippen molar-refractivity contribution < 1.29 is 0 Å². The highest BCUT2D eigenvalue weighted by Crippen LogP contribution is 2.16. The maximum absolute atomic E-state index is 11.7. The molecule has 0 aliphatic carbocycles. The van der Waals surface area contributed by atoms with E-state index >= 15 is 0 Å². The minimum absolute atomic E-state index is 0.124. The van der Waals surface area contributed by atoms with Crippen LogP contribution in [0.25, 0.3) is 0 Å². The molecule has 1 aliphatic rings. The Morgan fingerprint density at radius 1 is 1.64 bits per heavy atom. The summed E-state index contributed by atoms with van der Waals surface area (Å²) in [5, 5.41) is 0. The van der Waals surface area contributed by atoms with E-state index in [-0.39, 0.29) is 5.56 Å². The summed E-state index contributed by atoms with van der Waals surface area (Å²) in [5.41, 5.74) is 1.05. The van der Waals surface area contributed by atoms with E-state index in [0.29, 0.717) is 5.92 Å². The van der Waals surface area contributed by atoms with Gasteiger partial charge in [0.2, 0.25) is 0 Å². The molecule has 0 saturated carbocycles. The van der Waals surface area contributed by atoms with Crippen molar-refractivity contribution in [1.82, 2.24) is 9.55 Å². The summed E-state index contributed by atoms with van der Waals surface area (Å²) in [5.74, 6) is 1.59. The van der Waals surface area contributed by atoms with Crippen LogP contribution in [0.2, 0.25) is 0 Å². The van der Waals surface area contributed by atoms with Crippen LogP contribution >= 0.6 is 0 Å². The summed E-state index contributed by atoms with van der Waals surface area (Å²) in [6.45, 7) is 5.05. The van der Waals surface area contributed by atoms with Gasteiger partial charge in [-0.15, -0.1) is 0 Å². The zero-order valence-electron chi connectivity index (χ0n) is 8.79. The van der Waals surface area contributed by atoms with Crippen LogP contribution in [-0.4, -0.2) is 9.55 Å². The van der Waals surface area contributed by atoms with E-state index in [9.17, 15) is 4.79 Å². The topological polar surface area (TPSA) is 34.9 Å². The van der Waals surface area contributed by atoms with Gasteiger partial charge in [0, 0.05) is 24.7 Å². The smallest absolute Gasteiger partial charge is 0.253 e.